The van der Waals surface area contributed by atoms with E-state index in [1.165, 1.54) is 0 Å². The molecule has 0 unspecified atom stereocenters. The zero-order valence-electron chi connectivity index (χ0n) is 24.3. The zero-order chi connectivity index (χ0) is 28.2. The number of benzene rings is 1. The maximum absolute atomic E-state index is 13.1. The average molecular weight is 536 g/mol. The van der Waals surface area contributed by atoms with E-state index in [1.54, 1.807) is 20.8 Å². The van der Waals surface area contributed by atoms with Gasteiger partial charge in [0.15, 0.2) is 20.2 Å². The predicted octanol–water partition coefficient (Wildman–Crippen LogP) is 6.07. The molecule has 9 heteroatoms. The molecule has 2 rings (SSSR count). The Kier molecular flexibility index (Phi) is 9.52. The lowest BCUT2D eigenvalue weighted by molar-refractivity contribution is -0.123. The molecule has 0 saturated carbocycles. The molecule has 1 N–H and O–H groups in total. The van der Waals surface area contributed by atoms with Gasteiger partial charge in [0.1, 0.15) is 23.9 Å². The van der Waals surface area contributed by atoms with Crippen molar-refractivity contribution in [1.82, 2.24) is 5.32 Å². The van der Waals surface area contributed by atoms with Crippen LogP contribution in [0, 0.1) is 0 Å². The lowest BCUT2D eigenvalue weighted by atomic mass is 10.1. The number of carbonyl (C=O) groups excluding carboxylic acids is 2. The predicted molar refractivity (Wildman–Crippen MR) is 145 cm³/mol. The molecule has 0 fully saturated rings. The summed E-state index contributed by atoms with van der Waals surface area (Å²) in [6.45, 7) is 21.7. The minimum atomic E-state index is -2.21. The normalized spacial score (nSPS) is 17.8. The smallest absolute Gasteiger partial charge is 0.487 e. The quantitative estimate of drug-likeness (QED) is 0.303. The largest absolute Gasteiger partial charge is 0.509 e. The van der Waals surface area contributed by atoms with Crippen molar-refractivity contribution in [3.63, 3.8) is 0 Å². The van der Waals surface area contributed by atoms with Gasteiger partial charge in [-0.15, -0.1) is 0 Å². The molecular formula is C28H45NO7Si. The number of amides is 1. The zero-order valence-corrected chi connectivity index (χ0v) is 25.3. The van der Waals surface area contributed by atoms with E-state index in [9.17, 15) is 9.59 Å². The summed E-state index contributed by atoms with van der Waals surface area (Å²) in [5.41, 5.74) is -0.475. The van der Waals surface area contributed by atoms with Crippen LogP contribution in [-0.2, 0) is 34.8 Å². The van der Waals surface area contributed by atoms with Crippen molar-refractivity contribution in [3.8, 4) is 0 Å². The molecule has 0 saturated heterocycles. The van der Waals surface area contributed by atoms with Gasteiger partial charge in [-0.2, -0.15) is 0 Å². The topological polar surface area (TPSA) is 92.3 Å². The summed E-state index contributed by atoms with van der Waals surface area (Å²) in [5.74, 6) is -0.0946. The fourth-order valence-electron chi connectivity index (χ4n) is 3.18. The molecule has 8 nitrogen and oxygen atoms in total. The molecule has 208 valence electrons. The molecule has 0 bridgehead atoms. The van der Waals surface area contributed by atoms with E-state index >= 15 is 0 Å². The Morgan fingerprint density at radius 3 is 2.08 bits per heavy atom. The van der Waals surface area contributed by atoms with E-state index in [0.29, 0.717) is 0 Å². The second-order valence-electron chi connectivity index (χ2n) is 12.8. The average Bonchev–Trinajstić information content (AvgIpc) is 3.02. The summed E-state index contributed by atoms with van der Waals surface area (Å²) in [4.78, 5) is 25.8. The second-order valence-corrected chi connectivity index (χ2v) is 17.6. The van der Waals surface area contributed by atoms with Crippen LogP contribution in [0.5, 0.6) is 0 Å². The van der Waals surface area contributed by atoms with Crippen molar-refractivity contribution in [3.05, 3.63) is 47.4 Å². The van der Waals surface area contributed by atoms with E-state index in [-0.39, 0.29) is 29.8 Å². The van der Waals surface area contributed by atoms with E-state index in [0.717, 1.165) is 5.56 Å². The molecule has 0 aliphatic carbocycles. The fourth-order valence-corrected chi connectivity index (χ4v) is 4.20. The molecule has 1 aliphatic heterocycles. The molecule has 0 spiro atoms. The molecule has 2 atom stereocenters. The van der Waals surface area contributed by atoms with Crippen LogP contribution in [0.2, 0.25) is 18.1 Å². The molecule has 0 aromatic heterocycles. The number of hydrogen-bond acceptors (Lipinski definition) is 7. The molecule has 1 amide bonds. The van der Waals surface area contributed by atoms with Crippen LogP contribution in [0.4, 0.5) is 4.79 Å². The number of rotatable bonds is 9. The van der Waals surface area contributed by atoms with E-state index in [4.69, 9.17) is 23.4 Å². The van der Waals surface area contributed by atoms with Gasteiger partial charge in [-0.1, -0.05) is 51.1 Å². The molecule has 0 radical (unpaired) electrons. The second kappa shape index (κ2) is 11.5. The first-order chi connectivity index (χ1) is 16.8. The van der Waals surface area contributed by atoms with Crippen LogP contribution >= 0.6 is 0 Å². The highest BCUT2D eigenvalue weighted by Crippen LogP contribution is 2.37. The first-order valence-electron chi connectivity index (χ1n) is 12.7. The summed E-state index contributed by atoms with van der Waals surface area (Å²) < 4.78 is 29.8. The molecule has 1 aromatic rings. The summed E-state index contributed by atoms with van der Waals surface area (Å²) in [7, 11) is -2.21. The van der Waals surface area contributed by atoms with Crippen LogP contribution in [0.3, 0.4) is 0 Å². The van der Waals surface area contributed by atoms with Crippen molar-refractivity contribution in [2.45, 2.75) is 110 Å². The third kappa shape index (κ3) is 9.38. The first kappa shape index (κ1) is 30.7. The van der Waals surface area contributed by atoms with Gasteiger partial charge in [0.25, 0.3) is 5.91 Å². The van der Waals surface area contributed by atoms with Crippen LogP contribution < -0.4 is 5.32 Å². The van der Waals surface area contributed by atoms with Gasteiger partial charge >= 0.3 is 6.16 Å². The lowest BCUT2D eigenvalue weighted by Gasteiger charge is -2.38. The van der Waals surface area contributed by atoms with E-state index in [1.807, 2.05) is 51.1 Å². The van der Waals surface area contributed by atoms with Crippen molar-refractivity contribution >= 4 is 20.4 Å². The first-order valence-corrected chi connectivity index (χ1v) is 15.6. The molecular weight excluding hydrogens is 490 g/mol. The molecule has 1 heterocycles. The highest BCUT2D eigenvalue weighted by molar-refractivity contribution is 6.74. The van der Waals surface area contributed by atoms with Gasteiger partial charge in [-0.05, 0) is 65.2 Å². The molecule has 37 heavy (non-hydrogen) atoms. The fraction of sp³-hybridized carbons (Fsp3) is 0.643. The SMILES string of the molecule is CC(C)(C)OC(=O)O[C@H](CO[Si](C)(C)C(C)(C)C)[C@H]1NC(=O)C(OC(C)(C)C)=C1OCc1ccccc1. The Hall–Kier alpha value is -2.52. The van der Waals surface area contributed by atoms with E-state index < -0.39 is 43.7 Å². The molecule has 1 aromatic carbocycles. The van der Waals surface area contributed by atoms with Gasteiger partial charge in [-0.3, -0.25) is 4.79 Å². The number of hydrogen-bond donors (Lipinski definition) is 1. The highest BCUT2D eigenvalue weighted by Gasteiger charge is 2.45. The summed E-state index contributed by atoms with van der Waals surface area (Å²) in [6.07, 6.45) is -1.75. The molecule has 1 aliphatic rings. The Morgan fingerprint density at radius 2 is 1.57 bits per heavy atom. The number of nitrogens with one attached hydrogen (secondary N) is 1. The Bertz CT molecular complexity index is 969. The third-order valence-electron chi connectivity index (χ3n) is 6.07. The van der Waals surface area contributed by atoms with Crippen molar-refractivity contribution < 1.29 is 33.0 Å². The maximum Gasteiger partial charge on any atom is 0.509 e. The highest BCUT2D eigenvalue weighted by atomic mass is 28.4. The summed E-state index contributed by atoms with van der Waals surface area (Å²) in [5, 5.41) is 2.83. The summed E-state index contributed by atoms with van der Waals surface area (Å²) in [6, 6.07) is 8.79. The third-order valence-corrected chi connectivity index (χ3v) is 10.6. The van der Waals surface area contributed by atoms with Crippen LogP contribution in [-0.4, -0.2) is 50.3 Å². The number of carbonyl (C=O) groups is 2. The van der Waals surface area contributed by atoms with Gasteiger partial charge in [0.2, 0.25) is 5.76 Å². The van der Waals surface area contributed by atoms with Crippen LogP contribution in [0.1, 0.15) is 67.9 Å². The monoisotopic (exact) mass is 535 g/mol. The Morgan fingerprint density at radius 1 is 0.973 bits per heavy atom. The Labute approximate surface area is 223 Å². The summed E-state index contributed by atoms with van der Waals surface area (Å²) >= 11 is 0. The number of ether oxygens (including phenoxy) is 4. The van der Waals surface area contributed by atoms with E-state index in [2.05, 4.69) is 39.2 Å². The standard InChI is InChI=1S/C28H45NO7Si/c1-26(2,3)35-23-22(32-17-19-15-13-12-14-16-19)21(29-24(23)30)20(34-25(31)36-27(4,5)6)18-33-37(10,11)28(7,8)9/h12-16,20-21H,17-18H2,1-11H3,(H,29,30)/t20-,21-/m1/s1. The van der Waals surface area contributed by atoms with Gasteiger partial charge in [-0.25, -0.2) is 4.79 Å². The van der Waals surface area contributed by atoms with Gasteiger partial charge in [0, 0.05) is 0 Å². The van der Waals surface area contributed by atoms with Crippen molar-refractivity contribution in [2.75, 3.05) is 6.61 Å². The Balaban J connectivity index is 2.43. The minimum absolute atomic E-state index is 0.0572. The van der Waals surface area contributed by atoms with Gasteiger partial charge < -0.3 is 28.7 Å². The maximum atomic E-state index is 13.1. The van der Waals surface area contributed by atoms with Crippen LogP contribution in [0.25, 0.3) is 0 Å². The lowest BCUT2D eigenvalue weighted by Crippen LogP contribution is -2.49. The van der Waals surface area contributed by atoms with Crippen molar-refractivity contribution in [2.24, 2.45) is 0 Å². The minimum Gasteiger partial charge on any atom is -0.487 e. The van der Waals surface area contributed by atoms with Crippen molar-refractivity contribution in [1.29, 1.82) is 0 Å². The van der Waals surface area contributed by atoms with Gasteiger partial charge in [0.05, 0.1) is 6.61 Å². The van der Waals surface area contributed by atoms with Crippen LogP contribution in [0.15, 0.2) is 41.9 Å².